The molecular weight excluding hydrogens is 466 g/mol. The summed E-state index contributed by atoms with van der Waals surface area (Å²) in [6.45, 7) is 8.32. The van der Waals surface area contributed by atoms with Crippen LogP contribution >= 0.6 is 0 Å². The van der Waals surface area contributed by atoms with E-state index in [2.05, 4.69) is 12.2 Å². The third-order valence-corrected chi connectivity index (χ3v) is 7.35. The van der Waals surface area contributed by atoms with Crippen molar-refractivity contribution >= 4 is 16.2 Å². The fraction of sp³-hybridized carbons (Fsp3) is 0.741. The Morgan fingerprint density at radius 1 is 0.943 bits per heavy atom. The summed E-state index contributed by atoms with van der Waals surface area (Å²) in [4.78, 5) is 12.5. The summed E-state index contributed by atoms with van der Waals surface area (Å²) in [6, 6.07) is 1.98. The average Bonchev–Trinajstić information content (AvgIpc) is 2.79. The molecule has 0 saturated heterocycles. The lowest BCUT2D eigenvalue weighted by Gasteiger charge is -2.24. The van der Waals surface area contributed by atoms with Crippen molar-refractivity contribution in [2.24, 2.45) is 0 Å². The molecule has 1 atom stereocenters. The molecule has 202 valence electrons. The predicted octanol–water partition coefficient (Wildman–Crippen LogP) is 6.63. The molecule has 35 heavy (non-hydrogen) atoms. The second-order valence-electron chi connectivity index (χ2n) is 9.47. The van der Waals surface area contributed by atoms with Crippen molar-refractivity contribution in [2.75, 3.05) is 19.4 Å². The van der Waals surface area contributed by atoms with Crippen LogP contribution in [0.4, 0.5) is 4.79 Å². The van der Waals surface area contributed by atoms with Crippen molar-refractivity contribution in [3.05, 3.63) is 28.3 Å². The Bertz CT molecular complexity index is 869. The summed E-state index contributed by atoms with van der Waals surface area (Å²) in [5, 5.41) is 2.58. The average molecular weight is 513 g/mol. The topological polar surface area (TPSA) is 105 Å². The number of unbranched alkanes of at least 4 members (excludes halogenated alkanes) is 9. The van der Waals surface area contributed by atoms with E-state index in [1.165, 1.54) is 51.4 Å². The fourth-order valence-corrected chi connectivity index (χ4v) is 4.96. The van der Waals surface area contributed by atoms with Gasteiger partial charge in [-0.3, -0.25) is 0 Å². The van der Waals surface area contributed by atoms with Gasteiger partial charge < -0.3 is 19.3 Å². The molecule has 8 heteroatoms. The van der Waals surface area contributed by atoms with Crippen LogP contribution < -0.4 is 10.1 Å². The largest absolute Gasteiger partial charge is 0.748 e. The monoisotopic (exact) mass is 512 g/mol. The van der Waals surface area contributed by atoms with E-state index in [-0.39, 0.29) is 13.0 Å². The van der Waals surface area contributed by atoms with E-state index < -0.39 is 28.1 Å². The lowest BCUT2D eigenvalue weighted by atomic mass is 9.91. The molecule has 0 fully saturated rings. The minimum absolute atomic E-state index is 0.0593. The quantitative estimate of drug-likeness (QED) is 0.175. The number of carbonyl (C=O) groups is 1. The number of nitrogens with one attached hydrogen (secondary N) is 1. The molecule has 0 bridgehead atoms. The summed E-state index contributed by atoms with van der Waals surface area (Å²) >= 11 is 0. The summed E-state index contributed by atoms with van der Waals surface area (Å²) in [5.41, 5.74) is 4.07. The van der Waals surface area contributed by atoms with Gasteiger partial charge in [-0.25, -0.2) is 13.2 Å². The van der Waals surface area contributed by atoms with E-state index in [1.807, 2.05) is 26.8 Å². The van der Waals surface area contributed by atoms with Gasteiger partial charge in [0.15, 0.2) is 0 Å². The molecule has 0 aliphatic rings. The first-order valence-corrected chi connectivity index (χ1v) is 14.7. The van der Waals surface area contributed by atoms with Crippen LogP contribution in [0.2, 0.25) is 0 Å². The Balaban J connectivity index is 2.70. The lowest BCUT2D eigenvalue weighted by Crippen LogP contribution is -2.28. The number of amides is 1. The van der Waals surface area contributed by atoms with Crippen LogP contribution in [0.25, 0.3) is 0 Å². The van der Waals surface area contributed by atoms with Crippen molar-refractivity contribution in [3.8, 4) is 5.75 Å². The Labute approximate surface area is 213 Å². The van der Waals surface area contributed by atoms with Crippen molar-refractivity contribution in [1.82, 2.24) is 5.32 Å². The molecule has 1 amide bonds. The highest BCUT2D eigenvalue weighted by atomic mass is 32.2. The van der Waals surface area contributed by atoms with Crippen LogP contribution in [0.1, 0.15) is 112 Å². The molecule has 0 heterocycles. The van der Waals surface area contributed by atoms with E-state index in [9.17, 15) is 17.8 Å². The normalized spacial score (nSPS) is 12.4. The van der Waals surface area contributed by atoms with Crippen molar-refractivity contribution in [2.45, 2.75) is 111 Å². The number of rotatable bonds is 18. The number of hydrogen-bond acceptors (Lipinski definition) is 6. The van der Waals surface area contributed by atoms with Crippen LogP contribution in [0, 0.1) is 20.8 Å². The second kappa shape index (κ2) is 16.8. The highest BCUT2D eigenvalue weighted by molar-refractivity contribution is 7.85. The first-order chi connectivity index (χ1) is 16.6. The van der Waals surface area contributed by atoms with Crippen molar-refractivity contribution < 1.29 is 27.2 Å². The number of aryl methyl sites for hydroxylation is 1. The number of methoxy groups -OCH3 is 1. The number of alkyl carbamates (subject to hydrolysis) is 1. The molecule has 1 N–H and O–H groups in total. The van der Waals surface area contributed by atoms with Crippen LogP contribution in [0.15, 0.2) is 6.07 Å². The zero-order valence-corrected chi connectivity index (χ0v) is 23.2. The Kier molecular flexibility index (Phi) is 15.0. The van der Waals surface area contributed by atoms with Crippen molar-refractivity contribution in [1.29, 1.82) is 0 Å². The Morgan fingerprint density at radius 2 is 1.51 bits per heavy atom. The van der Waals surface area contributed by atoms with Gasteiger partial charge >= 0.3 is 6.09 Å². The maximum Gasteiger partial charge on any atom is 0.407 e. The molecule has 0 aliphatic carbocycles. The molecule has 1 unspecified atom stereocenters. The van der Waals surface area contributed by atoms with Gasteiger partial charge in [0.25, 0.3) is 0 Å². The van der Waals surface area contributed by atoms with Gasteiger partial charge in [0.05, 0.1) is 17.2 Å². The standard InChI is InChI=1S/C27H47NO6S/c1-6-7-8-9-10-11-12-13-14-15-17-24(34-27(29)28-18-16-19-35(30,31)32)26-21(2)20-25(33-5)22(3)23(26)4/h20,24H,6-19H2,1-5H3,(H,28,29)(H,30,31,32)/p-1. The third kappa shape index (κ3) is 12.6. The molecule has 0 radical (unpaired) electrons. The Morgan fingerprint density at radius 3 is 2.06 bits per heavy atom. The molecule has 1 aromatic rings. The van der Waals surface area contributed by atoms with E-state index in [0.717, 1.165) is 40.8 Å². The highest BCUT2D eigenvalue weighted by Gasteiger charge is 2.23. The van der Waals surface area contributed by atoms with E-state index in [4.69, 9.17) is 9.47 Å². The number of benzene rings is 1. The molecule has 0 aromatic heterocycles. The second-order valence-corrected chi connectivity index (χ2v) is 11.0. The Hall–Kier alpha value is -1.80. The maximum absolute atomic E-state index is 12.5. The molecule has 1 rings (SSSR count). The zero-order chi connectivity index (χ0) is 26.3. The minimum atomic E-state index is -4.29. The zero-order valence-electron chi connectivity index (χ0n) is 22.4. The van der Waals surface area contributed by atoms with Gasteiger partial charge in [0.1, 0.15) is 11.9 Å². The molecule has 0 aliphatic heterocycles. The molecule has 7 nitrogen and oxygen atoms in total. The first kappa shape index (κ1) is 31.2. The maximum atomic E-state index is 12.5. The van der Waals surface area contributed by atoms with E-state index >= 15 is 0 Å². The predicted molar refractivity (Wildman–Crippen MR) is 140 cm³/mol. The van der Waals surface area contributed by atoms with Gasteiger partial charge in [0, 0.05) is 12.3 Å². The van der Waals surface area contributed by atoms with Crippen LogP contribution in [-0.2, 0) is 14.9 Å². The number of carbonyl (C=O) groups excluding carboxylic acids is 1. The summed E-state index contributed by atoms with van der Waals surface area (Å²) in [7, 11) is -2.65. The number of hydrogen-bond donors (Lipinski definition) is 1. The first-order valence-electron chi connectivity index (χ1n) is 13.1. The number of ether oxygens (including phenoxy) is 2. The summed E-state index contributed by atoms with van der Waals surface area (Å²) in [5.74, 6) is 0.301. The summed E-state index contributed by atoms with van der Waals surface area (Å²) < 4.78 is 43.6. The lowest BCUT2D eigenvalue weighted by molar-refractivity contribution is 0.0901. The van der Waals surface area contributed by atoms with Crippen molar-refractivity contribution in [3.63, 3.8) is 0 Å². The molecule has 0 saturated carbocycles. The highest BCUT2D eigenvalue weighted by Crippen LogP contribution is 2.35. The van der Waals surface area contributed by atoms with E-state index in [0.29, 0.717) is 6.42 Å². The minimum Gasteiger partial charge on any atom is -0.748 e. The van der Waals surface area contributed by atoms with Crippen LogP contribution in [-0.4, -0.2) is 38.5 Å². The van der Waals surface area contributed by atoms with Gasteiger partial charge in [-0.15, -0.1) is 0 Å². The van der Waals surface area contributed by atoms with Gasteiger partial charge in [-0.2, -0.15) is 0 Å². The van der Waals surface area contributed by atoms with Gasteiger partial charge in [-0.05, 0) is 68.4 Å². The molecule has 0 spiro atoms. The SMILES string of the molecule is CCCCCCCCCCCCC(OC(=O)NCCCS(=O)(=O)[O-])c1c(C)cc(OC)c(C)c1C. The van der Waals surface area contributed by atoms with Gasteiger partial charge in [0.2, 0.25) is 0 Å². The van der Waals surface area contributed by atoms with Gasteiger partial charge in [-0.1, -0.05) is 64.7 Å². The van der Waals surface area contributed by atoms with Crippen LogP contribution in [0.3, 0.4) is 0 Å². The van der Waals surface area contributed by atoms with E-state index in [1.54, 1.807) is 7.11 Å². The smallest absolute Gasteiger partial charge is 0.407 e. The molecule has 1 aromatic carbocycles. The van der Waals surface area contributed by atoms with Crippen LogP contribution in [0.5, 0.6) is 5.75 Å². The third-order valence-electron chi connectivity index (χ3n) is 6.56. The fourth-order valence-electron chi connectivity index (χ4n) is 4.46. The summed E-state index contributed by atoms with van der Waals surface area (Å²) in [6.07, 6.45) is 12.1. The molecular formula is C27H46NO6S-.